The van der Waals surface area contributed by atoms with Crippen molar-refractivity contribution in [3.8, 4) is 0 Å². The van der Waals surface area contributed by atoms with E-state index in [0.717, 1.165) is 22.6 Å². The van der Waals surface area contributed by atoms with Gasteiger partial charge in [0.1, 0.15) is 0 Å². The minimum Gasteiger partial charge on any atom is -0.375 e. The van der Waals surface area contributed by atoms with Crippen LogP contribution in [0.5, 0.6) is 0 Å². The third kappa shape index (κ3) is 6.75. The van der Waals surface area contributed by atoms with E-state index in [2.05, 4.69) is 20.5 Å². The average Bonchev–Trinajstić information content (AvgIpc) is 3.23. The van der Waals surface area contributed by atoms with Crippen LogP contribution in [0.15, 0.2) is 29.3 Å². The summed E-state index contributed by atoms with van der Waals surface area (Å²) in [7, 11) is 3.55. The van der Waals surface area contributed by atoms with Crippen LogP contribution in [-0.2, 0) is 4.74 Å². The maximum Gasteiger partial charge on any atom is 0.191 e. The summed E-state index contributed by atoms with van der Waals surface area (Å²) in [5.74, 6) is 0.846. The third-order valence-electron chi connectivity index (χ3n) is 5.89. The van der Waals surface area contributed by atoms with Gasteiger partial charge in [0.05, 0.1) is 6.10 Å². The van der Waals surface area contributed by atoms with Gasteiger partial charge in [0.15, 0.2) is 5.96 Å². The van der Waals surface area contributed by atoms with Crippen molar-refractivity contribution < 1.29 is 4.74 Å². The molecule has 1 aliphatic heterocycles. The molecule has 1 unspecified atom stereocenters. The summed E-state index contributed by atoms with van der Waals surface area (Å²) < 4.78 is 5.64. The highest BCUT2D eigenvalue weighted by molar-refractivity contribution is 14.0. The van der Waals surface area contributed by atoms with Gasteiger partial charge < -0.3 is 20.3 Å². The number of ether oxygens (including phenoxy) is 1. The van der Waals surface area contributed by atoms with Gasteiger partial charge in [-0.15, -0.1) is 24.0 Å². The highest BCUT2D eigenvalue weighted by Gasteiger charge is 2.27. The van der Waals surface area contributed by atoms with Crippen LogP contribution in [0.3, 0.4) is 0 Å². The molecule has 2 aliphatic rings. The minimum atomic E-state index is -0.0635. The lowest BCUT2D eigenvalue weighted by Gasteiger charge is -2.36. The number of hydrogen-bond donors (Lipinski definition) is 2. The van der Waals surface area contributed by atoms with E-state index in [1.807, 2.05) is 31.3 Å². The summed E-state index contributed by atoms with van der Waals surface area (Å²) >= 11 is 6.11. The van der Waals surface area contributed by atoms with Gasteiger partial charge >= 0.3 is 0 Å². The predicted molar refractivity (Wildman–Crippen MR) is 128 cm³/mol. The Labute approximate surface area is 191 Å². The van der Waals surface area contributed by atoms with Gasteiger partial charge in [-0.05, 0) is 43.4 Å². The van der Waals surface area contributed by atoms with E-state index in [0.29, 0.717) is 12.6 Å². The van der Waals surface area contributed by atoms with Crippen molar-refractivity contribution in [3.05, 3.63) is 34.9 Å². The van der Waals surface area contributed by atoms with Crippen LogP contribution in [0.2, 0.25) is 5.02 Å². The quantitative estimate of drug-likeness (QED) is 0.335. The maximum atomic E-state index is 6.11. The molecule has 1 saturated carbocycles. The zero-order valence-corrected chi connectivity index (χ0v) is 20.1. The highest BCUT2D eigenvalue weighted by atomic mass is 127. The normalized spacial score (nSPS) is 20.6. The fourth-order valence-corrected chi connectivity index (χ4v) is 4.50. The zero-order chi connectivity index (χ0) is 19.1. The minimum absolute atomic E-state index is 0. The number of halogens is 2. The zero-order valence-electron chi connectivity index (χ0n) is 17.0. The summed E-state index contributed by atoms with van der Waals surface area (Å²) in [5, 5.41) is 7.73. The van der Waals surface area contributed by atoms with Crippen molar-refractivity contribution in [3.63, 3.8) is 0 Å². The van der Waals surface area contributed by atoms with Crippen molar-refractivity contribution >= 4 is 41.5 Å². The number of nitrogens with zero attached hydrogens (tertiary/aromatic N) is 2. The summed E-state index contributed by atoms with van der Waals surface area (Å²) in [6, 6.07) is 9.14. The number of piperidine rings is 1. The van der Waals surface area contributed by atoms with E-state index in [9.17, 15) is 0 Å². The lowest BCUT2D eigenvalue weighted by molar-refractivity contribution is 0.106. The molecule has 0 spiro atoms. The molecule has 2 N–H and O–H groups in total. The second kappa shape index (κ2) is 12.2. The topological polar surface area (TPSA) is 48.9 Å². The first-order valence-electron chi connectivity index (χ1n) is 10.2. The van der Waals surface area contributed by atoms with Crippen molar-refractivity contribution in [2.75, 3.05) is 33.8 Å². The molecule has 0 amide bonds. The second-order valence-electron chi connectivity index (χ2n) is 7.63. The van der Waals surface area contributed by atoms with Crippen LogP contribution < -0.4 is 10.6 Å². The van der Waals surface area contributed by atoms with E-state index in [4.69, 9.17) is 16.3 Å². The molecule has 1 heterocycles. The molecule has 7 heteroatoms. The van der Waals surface area contributed by atoms with E-state index >= 15 is 0 Å². The molecule has 0 aromatic heterocycles. The standard InChI is InChI=1S/C21H33ClN4O.HI/c1-23-21(24-15-20(27-2)16-6-5-7-17(22)14-16)25-18-10-12-26(13-11-18)19-8-3-4-9-19;/h5-7,14,18-20H,3-4,8-13,15H2,1-2H3,(H2,23,24,25);1H. The van der Waals surface area contributed by atoms with Gasteiger partial charge in [-0.1, -0.05) is 36.6 Å². The molecule has 1 atom stereocenters. The smallest absolute Gasteiger partial charge is 0.191 e. The van der Waals surface area contributed by atoms with Gasteiger partial charge in [0, 0.05) is 50.9 Å². The van der Waals surface area contributed by atoms with Crippen molar-refractivity contribution in [1.82, 2.24) is 15.5 Å². The molecular formula is C21H34ClIN4O. The van der Waals surface area contributed by atoms with E-state index in [-0.39, 0.29) is 30.1 Å². The number of likely N-dealkylation sites (tertiary alicyclic amines) is 1. The molecule has 0 radical (unpaired) electrons. The van der Waals surface area contributed by atoms with Crippen LogP contribution >= 0.6 is 35.6 Å². The van der Waals surface area contributed by atoms with Crippen LogP contribution in [0.1, 0.15) is 50.2 Å². The predicted octanol–water partition coefficient (Wildman–Crippen LogP) is 4.22. The second-order valence-corrected chi connectivity index (χ2v) is 8.06. The SMILES string of the molecule is CN=C(NCC(OC)c1cccc(Cl)c1)NC1CCN(C2CCCC2)CC1.I. The third-order valence-corrected chi connectivity index (χ3v) is 6.13. The van der Waals surface area contributed by atoms with Gasteiger partial charge in [-0.25, -0.2) is 0 Å². The first-order valence-corrected chi connectivity index (χ1v) is 10.6. The van der Waals surface area contributed by atoms with Gasteiger partial charge in [-0.2, -0.15) is 0 Å². The molecule has 0 bridgehead atoms. The van der Waals surface area contributed by atoms with Crippen molar-refractivity contribution in [2.24, 2.45) is 4.99 Å². The Morgan fingerprint density at radius 1 is 1.25 bits per heavy atom. The van der Waals surface area contributed by atoms with Crippen molar-refractivity contribution in [2.45, 2.75) is 56.7 Å². The van der Waals surface area contributed by atoms with Crippen LogP contribution in [0.4, 0.5) is 0 Å². The first kappa shape index (κ1) is 23.7. The molecule has 1 aromatic carbocycles. The van der Waals surface area contributed by atoms with E-state index < -0.39 is 0 Å². The fraction of sp³-hybridized carbons (Fsp3) is 0.667. The lowest BCUT2D eigenvalue weighted by atomic mass is 10.0. The molecule has 1 saturated heterocycles. The Morgan fingerprint density at radius 3 is 2.57 bits per heavy atom. The number of rotatable bonds is 6. The first-order chi connectivity index (χ1) is 13.2. The Kier molecular flexibility index (Phi) is 10.3. The summed E-state index contributed by atoms with van der Waals surface area (Å²) in [6.07, 6.45) is 7.90. The monoisotopic (exact) mass is 520 g/mol. The van der Waals surface area contributed by atoms with E-state index in [1.165, 1.54) is 51.6 Å². The molecule has 1 aliphatic carbocycles. The number of benzene rings is 1. The summed E-state index contributed by atoms with van der Waals surface area (Å²) in [4.78, 5) is 7.09. The van der Waals surface area contributed by atoms with Gasteiger partial charge in [0.25, 0.3) is 0 Å². The Balaban J connectivity index is 0.00000280. The van der Waals surface area contributed by atoms with Gasteiger partial charge in [-0.3, -0.25) is 4.99 Å². The van der Waals surface area contributed by atoms with Gasteiger partial charge in [0.2, 0.25) is 0 Å². The maximum absolute atomic E-state index is 6.11. The molecule has 1 aromatic rings. The number of aliphatic imine (C=N–C) groups is 1. The molecule has 28 heavy (non-hydrogen) atoms. The van der Waals surface area contributed by atoms with Crippen LogP contribution in [-0.4, -0.2) is 56.7 Å². The van der Waals surface area contributed by atoms with Crippen LogP contribution in [0, 0.1) is 0 Å². The fourth-order valence-electron chi connectivity index (χ4n) is 4.30. The molecular weight excluding hydrogens is 487 g/mol. The number of nitrogens with one attached hydrogen (secondary N) is 2. The van der Waals surface area contributed by atoms with Crippen LogP contribution in [0.25, 0.3) is 0 Å². The molecule has 3 rings (SSSR count). The lowest BCUT2D eigenvalue weighted by Crippen LogP contribution is -2.50. The van der Waals surface area contributed by atoms with E-state index in [1.54, 1.807) is 7.11 Å². The highest BCUT2D eigenvalue weighted by Crippen LogP contribution is 2.26. The number of hydrogen-bond acceptors (Lipinski definition) is 3. The Bertz CT molecular complexity index is 616. The Morgan fingerprint density at radius 2 is 1.96 bits per heavy atom. The largest absolute Gasteiger partial charge is 0.375 e. The number of guanidine groups is 1. The average molecular weight is 521 g/mol. The van der Waals surface area contributed by atoms with Crippen molar-refractivity contribution in [1.29, 1.82) is 0 Å². The molecule has 2 fully saturated rings. The summed E-state index contributed by atoms with van der Waals surface area (Å²) in [6.45, 7) is 3.04. The molecule has 158 valence electrons. The summed E-state index contributed by atoms with van der Waals surface area (Å²) in [5.41, 5.74) is 1.07. The number of methoxy groups -OCH3 is 1. The molecule has 5 nitrogen and oxygen atoms in total. The Hall–Kier alpha value is -0.570.